The summed E-state index contributed by atoms with van der Waals surface area (Å²) in [5, 5.41) is 6.34. The summed E-state index contributed by atoms with van der Waals surface area (Å²) < 4.78 is 0. The van der Waals surface area contributed by atoms with Crippen molar-refractivity contribution in [1.82, 2.24) is 10.2 Å². The molecule has 0 radical (unpaired) electrons. The van der Waals surface area contributed by atoms with Crippen LogP contribution in [0.15, 0.2) is 66.7 Å². The molecule has 0 saturated carbocycles. The maximum Gasteiger partial charge on any atom is 0.247 e. The van der Waals surface area contributed by atoms with Gasteiger partial charge in [0.25, 0.3) is 0 Å². The Labute approximate surface area is 249 Å². The number of carbonyl (C=O) groups excluding carboxylic acids is 4. The molecule has 214 valence electrons. The van der Waals surface area contributed by atoms with E-state index in [9.17, 15) is 19.2 Å². The third-order valence-corrected chi connectivity index (χ3v) is 7.96. The Hall–Kier alpha value is -3.72. The largest absolute Gasteiger partial charge is 0.342 e. The van der Waals surface area contributed by atoms with Crippen LogP contribution in [0, 0.1) is 6.92 Å². The fourth-order valence-corrected chi connectivity index (χ4v) is 5.29. The van der Waals surface area contributed by atoms with Crippen molar-refractivity contribution in [3.63, 3.8) is 0 Å². The standard InChI is InChI=1S/C31H32Cl2N4O4/c1-19-24(32)16-23(17-25(19)33)35-30(40)26(13-14-34)36-31(41)27-15-21-9-5-6-10-22(21)18-37(27)29(39)12-11-28(38)20-7-3-2-4-8-20/h2-10,16-17,26-27H,11-15,18,34H2,1H3,(H,35,40)(H,36,41)/t26-,27-/m0/s1. The summed E-state index contributed by atoms with van der Waals surface area (Å²) in [6.45, 7) is 2.13. The van der Waals surface area contributed by atoms with Crippen molar-refractivity contribution in [1.29, 1.82) is 0 Å². The predicted octanol–water partition coefficient (Wildman–Crippen LogP) is 4.69. The van der Waals surface area contributed by atoms with Crippen LogP contribution in [0.4, 0.5) is 5.69 Å². The number of halogens is 2. The topological polar surface area (TPSA) is 122 Å². The molecule has 2 atom stereocenters. The second-order valence-electron chi connectivity index (χ2n) is 9.99. The Balaban J connectivity index is 1.49. The van der Waals surface area contributed by atoms with Gasteiger partial charge in [-0.3, -0.25) is 19.2 Å². The van der Waals surface area contributed by atoms with Gasteiger partial charge >= 0.3 is 0 Å². The minimum atomic E-state index is -0.958. The van der Waals surface area contributed by atoms with Gasteiger partial charge in [0.15, 0.2) is 5.78 Å². The zero-order chi connectivity index (χ0) is 29.5. The number of hydrogen-bond acceptors (Lipinski definition) is 5. The lowest BCUT2D eigenvalue weighted by molar-refractivity contribution is -0.142. The molecule has 0 unspecified atom stereocenters. The highest BCUT2D eigenvalue weighted by Crippen LogP contribution is 2.28. The maximum absolute atomic E-state index is 13.6. The average molecular weight is 596 g/mol. The van der Waals surface area contributed by atoms with Crippen LogP contribution < -0.4 is 16.4 Å². The highest BCUT2D eigenvalue weighted by molar-refractivity contribution is 6.36. The quantitative estimate of drug-likeness (QED) is 0.294. The number of benzene rings is 3. The summed E-state index contributed by atoms with van der Waals surface area (Å²) in [6, 6.07) is 17.7. The monoisotopic (exact) mass is 594 g/mol. The first kappa shape index (κ1) is 30.2. The molecule has 0 saturated heterocycles. The normalized spacial score (nSPS) is 15.0. The number of carbonyl (C=O) groups is 4. The molecule has 0 fully saturated rings. The molecule has 3 aromatic carbocycles. The van der Waals surface area contributed by atoms with E-state index in [1.165, 1.54) is 4.90 Å². The SMILES string of the molecule is Cc1c(Cl)cc(NC(=O)[C@H](CCN)NC(=O)[C@@H]2Cc3ccccc3CN2C(=O)CCC(=O)c2ccccc2)cc1Cl. The number of Topliss-reactive ketones (excluding diaryl/α,β-unsaturated/α-hetero) is 1. The van der Waals surface area contributed by atoms with Crippen LogP contribution in [-0.2, 0) is 27.3 Å². The van der Waals surface area contributed by atoms with Gasteiger partial charge in [-0.1, -0.05) is 77.8 Å². The van der Waals surface area contributed by atoms with Gasteiger partial charge in [0.05, 0.1) is 0 Å². The molecule has 3 aromatic rings. The average Bonchev–Trinajstić information content (AvgIpc) is 2.97. The molecule has 10 heteroatoms. The summed E-state index contributed by atoms with van der Waals surface area (Å²) in [7, 11) is 0. The molecular formula is C31H32Cl2N4O4. The Bertz CT molecular complexity index is 1420. The Morgan fingerprint density at radius 1 is 0.951 bits per heavy atom. The fraction of sp³-hybridized carbons (Fsp3) is 0.290. The molecule has 1 aliphatic rings. The van der Waals surface area contributed by atoms with E-state index in [1.54, 1.807) is 43.3 Å². The maximum atomic E-state index is 13.6. The first-order chi connectivity index (χ1) is 19.7. The van der Waals surface area contributed by atoms with Gasteiger partial charge in [-0.15, -0.1) is 0 Å². The molecule has 0 spiro atoms. The van der Waals surface area contributed by atoms with E-state index in [0.29, 0.717) is 26.9 Å². The van der Waals surface area contributed by atoms with Gasteiger partial charge in [-0.05, 0) is 48.7 Å². The first-order valence-electron chi connectivity index (χ1n) is 13.4. The molecule has 4 rings (SSSR count). The van der Waals surface area contributed by atoms with Gasteiger partial charge in [-0.25, -0.2) is 0 Å². The lowest BCUT2D eigenvalue weighted by Gasteiger charge is -2.36. The van der Waals surface area contributed by atoms with Crippen molar-refractivity contribution in [2.24, 2.45) is 5.73 Å². The molecular weight excluding hydrogens is 563 g/mol. The molecule has 4 N–H and O–H groups in total. The van der Waals surface area contributed by atoms with E-state index in [4.69, 9.17) is 28.9 Å². The lowest BCUT2D eigenvalue weighted by Crippen LogP contribution is -2.56. The second kappa shape index (κ2) is 13.8. The molecule has 41 heavy (non-hydrogen) atoms. The molecule has 3 amide bonds. The highest BCUT2D eigenvalue weighted by atomic mass is 35.5. The third-order valence-electron chi connectivity index (χ3n) is 7.17. The van der Waals surface area contributed by atoms with Crippen molar-refractivity contribution in [3.8, 4) is 0 Å². The zero-order valence-corrected chi connectivity index (χ0v) is 24.2. The number of anilines is 1. The number of nitrogens with one attached hydrogen (secondary N) is 2. The summed E-state index contributed by atoms with van der Waals surface area (Å²) in [5.74, 6) is -1.42. The minimum absolute atomic E-state index is 0.0230. The van der Waals surface area contributed by atoms with Crippen molar-refractivity contribution in [3.05, 3.63) is 99.0 Å². The van der Waals surface area contributed by atoms with Crippen LogP contribution in [0.2, 0.25) is 10.0 Å². The van der Waals surface area contributed by atoms with Crippen LogP contribution in [0.25, 0.3) is 0 Å². The van der Waals surface area contributed by atoms with E-state index in [1.807, 2.05) is 30.3 Å². The number of nitrogens with two attached hydrogens (primary N) is 1. The highest BCUT2D eigenvalue weighted by Gasteiger charge is 2.36. The van der Waals surface area contributed by atoms with Crippen molar-refractivity contribution >= 4 is 52.4 Å². The summed E-state index contributed by atoms with van der Waals surface area (Å²) in [4.78, 5) is 54.3. The number of ketones is 1. The van der Waals surface area contributed by atoms with Gasteiger partial charge < -0.3 is 21.3 Å². The van der Waals surface area contributed by atoms with Crippen molar-refractivity contribution in [2.45, 2.75) is 51.2 Å². The zero-order valence-electron chi connectivity index (χ0n) is 22.7. The Morgan fingerprint density at radius 2 is 1.59 bits per heavy atom. The molecule has 8 nitrogen and oxygen atoms in total. The molecule has 1 heterocycles. The second-order valence-corrected chi connectivity index (χ2v) is 10.8. The van der Waals surface area contributed by atoms with Gasteiger partial charge in [0, 0.05) is 47.1 Å². The number of rotatable bonds is 10. The molecule has 0 bridgehead atoms. The van der Waals surface area contributed by atoms with E-state index in [-0.39, 0.29) is 50.5 Å². The molecule has 1 aliphatic heterocycles. The van der Waals surface area contributed by atoms with Crippen LogP contribution in [0.5, 0.6) is 0 Å². The predicted molar refractivity (Wildman–Crippen MR) is 160 cm³/mol. The summed E-state index contributed by atoms with van der Waals surface area (Å²) in [5.41, 5.74) is 9.25. The van der Waals surface area contributed by atoms with Crippen LogP contribution in [0.3, 0.4) is 0 Å². The third kappa shape index (κ3) is 7.52. The number of amides is 3. The van der Waals surface area contributed by atoms with E-state index in [0.717, 1.165) is 11.1 Å². The van der Waals surface area contributed by atoms with E-state index in [2.05, 4.69) is 10.6 Å². The minimum Gasteiger partial charge on any atom is -0.342 e. The summed E-state index contributed by atoms with van der Waals surface area (Å²) in [6.07, 6.45) is 0.435. The number of fused-ring (bicyclic) bond motifs is 1. The van der Waals surface area contributed by atoms with Gasteiger partial charge in [-0.2, -0.15) is 0 Å². The van der Waals surface area contributed by atoms with Gasteiger partial charge in [0.1, 0.15) is 12.1 Å². The fourth-order valence-electron chi connectivity index (χ4n) is 4.80. The number of nitrogens with zero attached hydrogens (tertiary/aromatic N) is 1. The molecule has 0 aliphatic carbocycles. The smallest absolute Gasteiger partial charge is 0.247 e. The lowest BCUT2D eigenvalue weighted by atomic mass is 9.92. The van der Waals surface area contributed by atoms with E-state index >= 15 is 0 Å². The van der Waals surface area contributed by atoms with Crippen LogP contribution in [-0.4, -0.2) is 47.0 Å². The Kier molecular flexibility index (Phi) is 10.2. The van der Waals surface area contributed by atoms with Crippen molar-refractivity contribution in [2.75, 3.05) is 11.9 Å². The summed E-state index contributed by atoms with van der Waals surface area (Å²) >= 11 is 12.4. The number of hydrogen-bond donors (Lipinski definition) is 3. The Morgan fingerprint density at radius 3 is 2.24 bits per heavy atom. The van der Waals surface area contributed by atoms with Crippen LogP contribution >= 0.6 is 23.2 Å². The van der Waals surface area contributed by atoms with Crippen molar-refractivity contribution < 1.29 is 19.2 Å². The van der Waals surface area contributed by atoms with Gasteiger partial charge in [0.2, 0.25) is 17.7 Å². The van der Waals surface area contributed by atoms with E-state index < -0.39 is 23.9 Å². The first-order valence-corrected chi connectivity index (χ1v) is 14.1. The molecule has 0 aromatic heterocycles. The van der Waals surface area contributed by atoms with Crippen LogP contribution in [0.1, 0.15) is 46.3 Å².